The van der Waals surface area contributed by atoms with Crippen molar-refractivity contribution < 1.29 is 19.1 Å². The zero-order valence-corrected chi connectivity index (χ0v) is 15.5. The summed E-state index contributed by atoms with van der Waals surface area (Å²) >= 11 is 0. The van der Waals surface area contributed by atoms with Crippen molar-refractivity contribution in [3.8, 4) is 0 Å². The Morgan fingerprint density at radius 2 is 1.86 bits per heavy atom. The third-order valence-corrected chi connectivity index (χ3v) is 4.81. The van der Waals surface area contributed by atoms with Crippen LogP contribution >= 0.6 is 0 Å². The van der Waals surface area contributed by atoms with Crippen molar-refractivity contribution in [2.75, 3.05) is 31.2 Å². The maximum Gasteiger partial charge on any atom is 0.340 e. The summed E-state index contributed by atoms with van der Waals surface area (Å²) in [5.41, 5.74) is 0.962. The SMILES string of the molecule is O=C(O[C@@H](C(=O)NC1CC1)c1ccccc1)c1ccc(N2CCOCC2)nc1. The lowest BCUT2D eigenvalue weighted by atomic mass is 10.1. The molecule has 2 aliphatic rings. The van der Waals surface area contributed by atoms with E-state index in [2.05, 4.69) is 15.2 Å². The van der Waals surface area contributed by atoms with Gasteiger partial charge >= 0.3 is 5.97 Å². The first-order chi connectivity index (χ1) is 13.7. The number of ether oxygens (including phenoxy) is 2. The predicted octanol–water partition coefficient (Wildman–Crippen LogP) is 2.09. The number of morpholine rings is 1. The zero-order chi connectivity index (χ0) is 19.3. The number of rotatable bonds is 6. The molecule has 7 nitrogen and oxygen atoms in total. The molecule has 0 bridgehead atoms. The summed E-state index contributed by atoms with van der Waals surface area (Å²) < 4.78 is 10.9. The highest BCUT2D eigenvalue weighted by Gasteiger charge is 2.31. The van der Waals surface area contributed by atoms with Crippen LogP contribution in [0.4, 0.5) is 5.82 Å². The normalized spacial score (nSPS) is 17.6. The zero-order valence-electron chi connectivity index (χ0n) is 15.5. The molecule has 7 heteroatoms. The number of carbonyl (C=O) groups excluding carboxylic acids is 2. The molecule has 2 aromatic rings. The molecule has 1 aromatic carbocycles. The van der Waals surface area contributed by atoms with Crippen molar-refractivity contribution in [1.29, 1.82) is 0 Å². The lowest BCUT2D eigenvalue weighted by Crippen LogP contribution is -2.36. The molecule has 0 radical (unpaired) electrons. The number of nitrogens with one attached hydrogen (secondary N) is 1. The lowest BCUT2D eigenvalue weighted by Gasteiger charge is -2.27. The summed E-state index contributed by atoms with van der Waals surface area (Å²) in [6.45, 7) is 2.88. The van der Waals surface area contributed by atoms with E-state index in [1.807, 2.05) is 18.2 Å². The molecule has 4 rings (SSSR count). The number of aromatic nitrogens is 1. The first kappa shape index (κ1) is 18.4. The number of amides is 1. The Kier molecular flexibility index (Phi) is 5.53. The largest absolute Gasteiger partial charge is 0.444 e. The number of pyridine rings is 1. The van der Waals surface area contributed by atoms with E-state index in [4.69, 9.17) is 9.47 Å². The number of nitrogens with zero attached hydrogens (tertiary/aromatic N) is 2. The first-order valence-electron chi connectivity index (χ1n) is 9.56. The van der Waals surface area contributed by atoms with Crippen LogP contribution in [0.15, 0.2) is 48.7 Å². The van der Waals surface area contributed by atoms with Crippen LogP contribution in [0, 0.1) is 0 Å². The topological polar surface area (TPSA) is 80.8 Å². The minimum absolute atomic E-state index is 0.187. The van der Waals surface area contributed by atoms with Crippen molar-refractivity contribution in [2.45, 2.75) is 25.0 Å². The van der Waals surface area contributed by atoms with Crippen LogP contribution in [0.2, 0.25) is 0 Å². The highest BCUT2D eigenvalue weighted by Crippen LogP contribution is 2.24. The van der Waals surface area contributed by atoms with Crippen molar-refractivity contribution >= 4 is 17.7 Å². The standard InChI is InChI=1S/C21H23N3O4/c25-20(23-17-7-8-17)19(15-4-2-1-3-5-15)28-21(26)16-6-9-18(22-14-16)24-10-12-27-13-11-24/h1-6,9,14,17,19H,7-8,10-13H2,(H,23,25)/t19-/m1/s1. The molecule has 1 aliphatic carbocycles. The van der Waals surface area contributed by atoms with E-state index in [0.29, 0.717) is 24.3 Å². The van der Waals surface area contributed by atoms with Gasteiger partial charge in [-0.05, 0) is 25.0 Å². The van der Waals surface area contributed by atoms with Crippen molar-refractivity contribution in [1.82, 2.24) is 10.3 Å². The second kappa shape index (κ2) is 8.39. The van der Waals surface area contributed by atoms with E-state index >= 15 is 0 Å². The van der Waals surface area contributed by atoms with E-state index in [-0.39, 0.29) is 11.9 Å². The van der Waals surface area contributed by atoms with Crippen LogP contribution in [-0.4, -0.2) is 49.2 Å². The van der Waals surface area contributed by atoms with Gasteiger partial charge in [-0.2, -0.15) is 0 Å². The Bertz CT molecular complexity index is 815. The maximum atomic E-state index is 12.6. The second-order valence-electron chi connectivity index (χ2n) is 6.98. The minimum Gasteiger partial charge on any atom is -0.444 e. The summed E-state index contributed by atoms with van der Waals surface area (Å²) in [6.07, 6.45) is 2.45. The minimum atomic E-state index is -0.979. The first-order valence-corrected chi connectivity index (χ1v) is 9.56. The Labute approximate surface area is 163 Å². The van der Waals surface area contributed by atoms with Gasteiger partial charge in [0.15, 0.2) is 0 Å². The maximum absolute atomic E-state index is 12.6. The fourth-order valence-electron chi connectivity index (χ4n) is 3.07. The van der Waals surface area contributed by atoms with Crippen molar-refractivity contribution in [3.05, 3.63) is 59.8 Å². The molecule has 2 heterocycles. The van der Waals surface area contributed by atoms with Gasteiger partial charge < -0.3 is 19.7 Å². The number of hydrogen-bond donors (Lipinski definition) is 1. The van der Waals surface area contributed by atoms with Crippen molar-refractivity contribution in [3.63, 3.8) is 0 Å². The molecule has 1 saturated heterocycles. The molecule has 2 fully saturated rings. The van der Waals surface area contributed by atoms with Gasteiger partial charge in [-0.15, -0.1) is 0 Å². The lowest BCUT2D eigenvalue weighted by molar-refractivity contribution is -0.130. The molecule has 1 amide bonds. The molecule has 1 saturated carbocycles. The average Bonchev–Trinajstić information content (AvgIpc) is 3.57. The number of hydrogen-bond acceptors (Lipinski definition) is 6. The average molecular weight is 381 g/mol. The van der Waals surface area contributed by atoms with E-state index in [0.717, 1.165) is 31.7 Å². The number of anilines is 1. The Balaban J connectivity index is 1.46. The van der Waals surface area contributed by atoms with E-state index in [9.17, 15) is 9.59 Å². The highest BCUT2D eigenvalue weighted by molar-refractivity contribution is 5.92. The van der Waals surface area contributed by atoms with E-state index < -0.39 is 12.1 Å². The fourth-order valence-corrected chi connectivity index (χ4v) is 3.07. The van der Waals surface area contributed by atoms with Crippen LogP contribution in [0.3, 0.4) is 0 Å². The monoisotopic (exact) mass is 381 g/mol. The molecular weight excluding hydrogens is 358 g/mol. The summed E-state index contributed by atoms with van der Waals surface area (Å²) in [5.74, 6) is -0.0632. The Hall–Kier alpha value is -2.93. The molecule has 0 unspecified atom stereocenters. The van der Waals surface area contributed by atoms with Gasteiger partial charge in [0, 0.05) is 30.9 Å². The Morgan fingerprint density at radius 3 is 2.50 bits per heavy atom. The smallest absolute Gasteiger partial charge is 0.340 e. The molecule has 28 heavy (non-hydrogen) atoms. The Morgan fingerprint density at radius 1 is 1.11 bits per heavy atom. The van der Waals surface area contributed by atoms with Gasteiger partial charge in [0.25, 0.3) is 5.91 Å². The number of carbonyl (C=O) groups is 2. The molecule has 1 aromatic heterocycles. The van der Waals surface area contributed by atoms with Crippen LogP contribution in [0.25, 0.3) is 0 Å². The molecule has 1 N–H and O–H groups in total. The predicted molar refractivity (Wildman–Crippen MR) is 103 cm³/mol. The number of benzene rings is 1. The van der Waals surface area contributed by atoms with E-state index in [1.54, 1.807) is 24.3 Å². The summed E-state index contributed by atoms with van der Waals surface area (Å²) in [6, 6.07) is 12.7. The highest BCUT2D eigenvalue weighted by atomic mass is 16.5. The molecule has 1 atom stereocenters. The quantitative estimate of drug-likeness (QED) is 0.772. The van der Waals surface area contributed by atoms with Gasteiger partial charge in [-0.3, -0.25) is 4.79 Å². The van der Waals surface area contributed by atoms with Gasteiger partial charge in [-0.25, -0.2) is 9.78 Å². The van der Waals surface area contributed by atoms with Gasteiger partial charge in [0.1, 0.15) is 5.82 Å². The molecule has 1 aliphatic heterocycles. The van der Waals surface area contributed by atoms with Gasteiger partial charge in [0.2, 0.25) is 6.10 Å². The molecule has 146 valence electrons. The van der Waals surface area contributed by atoms with Crippen LogP contribution in [0.1, 0.15) is 34.9 Å². The van der Waals surface area contributed by atoms with Gasteiger partial charge in [0.05, 0.1) is 18.8 Å². The van der Waals surface area contributed by atoms with E-state index in [1.165, 1.54) is 6.20 Å². The summed E-state index contributed by atoms with van der Waals surface area (Å²) in [5, 5.41) is 2.91. The van der Waals surface area contributed by atoms with Crippen LogP contribution < -0.4 is 10.2 Å². The van der Waals surface area contributed by atoms with Gasteiger partial charge in [-0.1, -0.05) is 30.3 Å². The molecular formula is C21H23N3O4. The second-order valence-corrected chi connectivity index (χ2v) is 6.98. The summed E-state index contributed by atoms with van der Waals surface area (Å²) in [7, 11) is 0. The van der Waals surface area contributed by atoms with Crippen molar-refractivity contribution in [2.24, 2.45) is 0 Å². The third kappa shape index (κ3) is 4.48. The fraction of sp³-hybridized carbons (Fsp3) is 0.381. The number of esters is 1. The van der Waals surface area contributed by atoms with Crippen LogP contribution in [-0.2, 0) is 14.3 Å². The molecule has 0 spiro atoms. The third-order valence-electron chi connectivity index (χ3n) is 4.81. The summed E-state index contributed by atoms with van der Waals surface area (Å²) in [4.78, 5) is 31.7. The van der Waals surface area contributed by atoms with Crippen LogP contribution in [0.5, 0.6) is 0 Å².